The average molecular weight is 546 g/mol. The van der Waals surface area contributed by atoms with Crippen molar-refractivity contribution >= 4 is 29.3 Å². The molecule has 4 rings (SSSR count). The van der Waals surface area contributed by atoms with Crippen LogP contribution in [0.15, 0.2) is 18.2 Å². The lowest BCUT2D eigenvalue weighted by molar-refractivity contribution is -0.152. The van der Waals surface area contributed by atoms with Crippen LogP contribution in [-0.4, -0.2) is 93.6 Å². The van der Waals surface area contributed by atoms with E-state index in [9.17, 15) is 37.8 Å². The Kier molecular flexibility index (Phi) is 7.79. The van der Waals surface area contributed by atoms with Crippen molar-refractivity contribution in [3.05, 3.63) is 34.3 Å². The number of hydrogen-bond donors (Lipinski definition) is 2. The Morgan fingerprint density at radius 3 is 2.46 bits per heavy atom. The number of carbonyl (C=O) groups excluding carboxylic acids is 3. The maximum atomic E-state index is 12.9. The maximum absolute atomic E-state index is 12.9. The molecule has 1 saturated carbocycles. The number of benzene rings is 1. The van der Waals surface area contributed by atoms with Crippen LogP contribution in [0.2, 0.25) is 5.02 Å². The van der Waals surface area contributed by atoms with Crippen LogP contribution < -0.4 is 0 Å². The molecule has 0 bridgehead atoms. The number of nitrogens with zero attached hydrogens (tertiary/aromatic N) is 3. The van der Waals surface area contributed by atoms with Crippen molar-refractivity contribution in [2.75, 3.05) is 32.7 Å². The van der Waals surface area contributed by atoms with Gasteiger partial charge in [-0.25, -0.2) is 0 Å². The first-order chi connectivity index (χ1) is 17.3. The smallest absolute Gasteiger partial charge is 0.391 e. The molecule has 1 aromatic rings. The van der Waals surface area contributed by atoms with E-state index >= 15 is 0 Å². The van der Waals surface area contributed by atoms with Crippen molar-refractivity contribution in [3.63, 3.8) is 0 Å². The number of halogens is 4. The number of likely N-dealkylation sites (tertiary alicyclic amines) is 1. The van der Waals surface area contributed by atoms with E-state index < -0.39 is 40.9 Å². The molecule has 2 heterocycles. The van der Waals surface area contributed by atoms with E-state index in [1.54, 1.807) is 11.8 Å². The van der Waals surface area contributed by atoms with Gasteiger partial charge in [0.05, 0.1) is 35.6 Å². The number of amides is 3. The first-order valence-electron chi connectivity index (χ1n) is 12.4. The zero-order valence-corrected chi connectivity index (χ0v) is 21.3. The van der Waals surface area contributed by atoms with Crippen LogP contribution in [-0.2, 0) is 27.0 Å². The summed E-state index contributed by atoms with van der Waals surface area (Å²) in [5.74, 6) is -1.09. The fourth-order valence-electron chi connectivity index (χ4n) is 5.26. The SMILES string of the molecule is C[C@H]1C(=O)N(C[C@@H](O)CC(=O)N2CCC3(CC3)[C@H](O)C2)CCN1C(=O)Cc1ccc(C(F)(F)F)c(Cl)c1. The van der Waals surface area contributed by atoms with Gasteiger partial charge in [-0.15, -0.1) is 0 Å². The molecule has 3 fully saturated rings. The van der Waals surface area contributed by atoms with Crippen LogP contribution in [0.3, 0.4) is 0 Å². The van der Waals surface area contributed by atoms with Gasteiger partial charge in [-0.05, 0) is 49.3 Å². The third-order valence-electron chi connectivity index (χ3n) is 7.83. The van der Waals surface area contributed by atoms with E-state index in [2.05, 4.69) is 0 Å². The summed E-state index contributed by atoms with van der Waals surface area (Å²) in [4.78, 5) is 42.6. The second-order valence-corrected chi connectivity index (χ2v) is 10.8. The molecule has 0 unspecified atom stereocenters. The van der Waals surface area contributed by atoms with Crippen molar-refractivity contribution in [1.82, 2.24) is 14.7 Å². The summed E-state index contributed by atoms with van der Waals surface area (Å²) in [5, 5.41) is 20.3. The lowest BCUT2D eigenvalue weighted by atomic mass is 9.90. The molecule has 0 aromatic heterocycles. The summed E-state index contributed by atoms with van der Waals surface area (Å²) < 4.78 is 38.7. The topological polar surface area (TPSA) is 101 Å². The van der Waals surface area contributed by atoms with E-state index in [4.69, 9.17) is 11.6 Å². The van der Waals surface area contributed by atoms with Gasteiger partial charge < -0.3 is 24.9 Å². The molecule has 3 amide bonds. The van der Waals surface area contributed by atoms with E-state index in [1.807, 2.05) is 0 Å². The monoisotopic (exact) mass is 545 g/mol. The molecule has 2 saturated heterocycles. The van der Waals surface area contributed by atoms with Crippen LogP contribution in [0.5, 0.6) is 0 Å². The zero-order valence-electron chi connectivity index (χ0n) is 20.5. The molecular weight excluding hydrogens is 515 g/mol. The second-order valence-electron chi connectivity index (χ2n) is 10.4. The molecule has 2 aliphatic heterocycles. The standard InChI is InChI=1S/C25H31ClF3N3O5/c1-15-23(37)31(13-17(33)12-21(35)30-7-6-24(4-5-24)20(34)14-30)8-9-32(15)22(36)11-16-2-3-18(19(26)10-16)25(27,28)29/h2-3,10,15,17,20,33-34H,4-9,11-14H2,1H3/t15-,17-,20+/m0/s1. The number of carbonyl (C=O) groups is 3. The number of aliphatic hydroxyl groups is 2. The average Bonchev–Trinajstić information content (AvgIpc) is 3.58. The number of hydrogen-bond acceptors (Lipinski definition) is 5. The van der Waals surface area contributed by atoms with Crippen molar-refractivity contribution in [3.8, 4) is 0 Å². The highest BCUT2D eigenvalue weighted by atomic mass is 35.5. The Morgan fingerprint density at radius 2 is 1.86 bits per heavy atom. The predicted octanol–water partition coefficient (Wildman–Crippen LogP) is 2.08. The molecule has 3 aliphatic rings. The summed E-state index contributed by atoms with van der Waals surface area (Å²) in [6.45, 7) is 2.62. The Bertz CT molecular complexity index is 1060. The normalized spacial score (nSPS) is 24.4. The minimum absolute atomic E-state index is 0.0339. The lowest BCUT2D eigenvalue weighted by Gasteiger charge is -2.40. The first-order valence-corrected chi connectivity index (χ1v) is 12.8. The summed E-state index contributed by atoms with van der Waals surface area (Å²) in [7, 11) is 0. The van der Waals surface area contributed by atoms with E-state index in [0.717, 1.165) is 31.4 Å². The van der Waals surface area contributed by atoms with Gasteiger partial charge in [-0.3, -0.25) is 14.4 Å². The third kappa shape index (κ3) is 6.04. The highest BCUT2D eigenvalue weighted by Gasteiger charge is 2.51. The van der Waals surface area contributed by atoms with E-state index in [1.165, 1.54) is 15.9 Å². The Labute approximate surface area is 218 Å². The molecule has 204 valence electrons. The minimum Gasteiger partial charge on any atom is -0.391 e. The molecular formula is C25H31ClF3N3O5. The van der Waals surface area contributed by atoms with Crippen molar-refractivity contribution in [2.45, 2.75) is 63.5 Å². The van der Waals surface area contributed by atoms with Gasteiger partial charge in [0.25, 0.3) is 0 Å². The largest absolute Gasteiger partial charge is 0.417 e. The molecule has 3 atom stereocenters. The number of piperazine rings is 1. The molecule has 1 spiro atoms. The van der Waals surface area contributed by atoms with Crippen molar-refractivity contribution < 1.29 is 37.8 Å². The number of alkyl halides is 3. The second kappa shape index (κ2) is 10.4. The molecule has 1 aliphatic carbocycles. The van der Waals surface area contributed by atoms with Crippen LogP contribution in [0.1, 0.15) is 43.7 Å². The lowest BCUT2D eigenvalue weighted by Crippen LogP contribution is -2.59. The van der Waals surface area contributed by atoms with E-state index in [-0.39, 0.29) is 56.3 Å². The molecule has 12 heteroatoms. The molecule has 1 aromatic carbocycles. The number of β-amino-alcohol motifs (C(OH)–C–C–N with tert-alkyl or cyclic N) is 2. The van der Waals surface area contributed by atoms with Gasteiger partial charge in [-0.2, -0.15) is 13.2 Å². The van der Waals surface area contributed by atoms with Crippen molar-refractivity contribution in [2.24, 2.45) is 5.41 Å². The molecule has 37 heavy (non-hydrogen) atoms. The predicted molar refractivity (Wildman–Crippen MR) is 127 cm³/mol. The fourth-order valence-corrected chi connectivity index (χ4v) is 5.57. The summed E-state index contributed by atoms with van der Waals surface area (Å²) in [5.41, 5.74) is -0.717. The van der Waals surface area contributed by atoms with Gasteiger partial charge in [0.1, 0.15) is 6.04 Å². The molecule has 2 N–H and O–H groups in total. The minimum atomic E-state index is -4.60. The Morgan fingerprint density at radius 1 is 1.16 bits per heavy atom. The molecule has 0 radical (unpaired) electrons. The summed E-state index contributed by atoms with van der Waals surface area (Å²) in [6, 6.07) is 2.29. The quantitative estimate of drug-likeness (QED) is 0.570. The summed E-state index contributed by atoms with van der Waals surface area (Å²) in [6.07, 6.45) is -3.91. The number of piperidine rings is 1. The van der Waals surface area contributed by atoms with Crippen LogP contribution >= 0.6 is 11.6 Å². The van der Waals surface area contributed by atoms with Gasteiger partial charge in [0.2, 0.25) is 17.7 Å². The van der Waals surface area contributed by atoms with Gasteiger partial charge in [-0.1, -0.05) is 17.7 Å². The molecule has 8 nitrogen and oxygen atoms in total. The van der Waals surface area contributed by atoms with Gasteiger partial charge >= 0.3 is 6.18 Å². The number of rotatable bonds is 6. The Hall–Kier alpha value is -2.37. The van der Waals surface area contributed by atoms with E-state index in [0.29, 0.717) is 12.1 Å². The first kappa shape index (κ1) is 27.7. The van der Waals surface area contributed by atoms with Crippen LogP contribution in [0, 0.1) is 5.41 Å². The third-order valence-corrected chi connectivity index (χ3v) is 8.14. The summed E-state index contributed by atoms with van der Waals surface area (Å²) >= 11 is 5.74. The maximum Gasteiger partial charge on any atom is 0.417 e. The van der Waals surface area contributed by atoms with Gasteiger partial charge in [0.15, 0.2) is 0 Å². The number of aliphatic hydroxyl groups excluding tert-OH is 2. The fraction of sp³-hybridized carbons (Fsp3) is 0.640. The highest BCUT2D eigenvalue weighted by Crippen LogP contribution is 2.53. The van der Waals surface area contributed by atoms with Crippen LogP contribution in [0.4, 0.5) is 13.2 Å². The van der Waals surface area contributed by atoms with Gasteiger partial charge in [0, 0.05) is 32.7 Å². The zero-order chi connectivity index (χ0) is 27.1. The Balaban J connectivity index is 1.27. The van der Waals surface area contributed by atoms with Crippen LogP contribution in [0.25, 0.3) is 0 Å². The van der Waals surface area contributed by atoms with Crippen molar-refractivity contribution in [1.29, 1.82) is 0 Å². The highest BCUT2D eigenvalue weighted by molar-refractivity contribution is 6.31.